The van der Waals surface area contributed by atoms with Crippen LogP contribution in [0.15, 0.2) is 16.6 Å². The van der Waals surface area contributed by atoms with Crippen LogP contribution in [0.5, 0.6) is 5.75 Å². The van der Waals surface area contributed by atoms with Gasteiger partial charge in [0.25, 0.3) is 0 Å². The predicted molar refractivity (Wildman–Crippen MR) is 55.9 cm³/mol. The third kappa shape index (κ3) is 1.46. The van der Waals surface area contributed by atoms with Gasteiger partial charge in [0.1, 0.15) is 5.75 Å². The second-order valence-electron chi connectivity index (χ2n) is 3.40. The van der Waals surface area contributed by atoms with Gasteiger partial charge in [-0.25, -0.2) is 0 Å². The molecule has 70 valence electrons. The number of phenolic OH excluding ortho intramolecular Hbond substituents is 1. The van der Waals surface area contributed by atoms with E-state index < -0.39 is 0 Å². The molecule has 1 heterocycles. The molecule has 1 aromatic carbocycles. The number of rotatable bonds is 0. The number of phenols is 1. The molecule has 0 aromatic heterocycles. The molecule has 0 bridgehead atoms. The molecule has 1 unspecified atom stereocenters. The Hall–Kier alpha value is -0.540. The van der Waals surface area contributed by atoms with E-state index in [2.05, 4.69) is 28.2 Å². The summed E-state index contributed by atoms with van der Waals surface area (Å²) in [5, 5.41) is 12.9. The van der Waals surface area contributed by atoms with Crippen LogP contribution < -0.4 is 5.32 Å². The van der Waals surface area contributed by atoms with Crippen molar-refractivity contribution in [3.05, 3.63) is 27.7 Å². The van der Waals surface area contributed by atoms with Gasteiger partial charge in [0.15, 0.2) is 0 Å². The van der Waals surface area contributed by atoms with Gasteiger partial charge in [0.05, 0.1) is 4.47 Å². The van der Waals surface area contributed by atoms with Gasteiger partial charge in [-0.1, -0.05) is 6.07 Å². The molecule has 1 aliphatic heterocycles. The van der Waals surface area contributed by atoms with Gasteiger partial charge in [-0.15, -0.1) is 0 Å². The third-order valence-corrected chi connectivity index (χ3v) is 3.36. The fraction of sp³-hybridized carbons (Fsp3) is 0.400. The fourth-order valence-electron chi connectivity index (χ4n) is 1.83. The maximum atomic E-state index is 9.52. The van der Waals surface area contributed by atoms with Crippen molar-refractivity contribution in [3.8, 4) is 5.75 Å². The van der Waals surface area contributed by atoms with E-state index in [1.54, 1.807) is 6.07 Å². The molecular weight excluding hydrogens is 230 g/mol. The molecule has 1 atom stereocenters. The smallest absolute Gasteiger partial charge is 0.130 e. The minimum atomic E-state index is 0.324. The van der Waals surface area contributed by atoms with Crippen LogP contribution in [0.2, 0.25) is 0 Å². The molecule has 0 saturated carbocycles. The fourth-order valence-corrected chi connectivity index (χ4v) is 2.56. The van der Waals surface area contributed by atoms with E-state index in [0.717, 1.165) is 17.4 Å². The number of fused-ring (bicyclic) bond motifs is 1. The van der Waals surface area contributed by atoms with Crippen molar-refractivity contribution >= 4 is 15.9 Å². The highest BCUT2D eigenvalue weighted by Crippen LogP contribution is 2.35. The zero-order chi connectivity index (χ0) is 9.42. The third-order valence-electron chi connectivity index (χ3n) is 2.53. The van der Waals surface area contributed by atoms with Crippen LogP contribution in [-0.4, -0.2) is 11.7 Å². The molecule has 2 nitrogen and oxygen atoms in total. The molecule has 2 rings (SSSR count). The van der Waals surface area contributed by atoms with Crippen LogP contribution >= 0.6 is 15.9 Å². The first-order valence-electron chi connectivity index (χ1n) is 4.44. The summed E-state index contributed by atoms with van der Waals surface area (Å²) >= 11 is 3.42. The molecule has 13 heavy (non-hydrogen) atoms. The zero-order valence-electron chi connectivity index (χ0n) is 7.47. The lowest BCUT2D eigenvalue weighted by molar-refractivity contribution is 0.464. The molecule has 0 saturated heterocycles. The van der Waals surface area contributed by atoms with Crippen LogP contribution in [0.4, 0.5) is 0 Å². The first kappa shape index (κ1) is 9.03. The van der Waals surface area contributed by atoms with Crippen molar-refractivity contribution in [1.82, 2.24) is 5.32 Å². The van der Waals surface area contributed by atoms with Crippen molar-refractivity contribution in [2.45, 2.75) is 19.4 Å². The zero-order valence-corrected chi connectivity index (χ0v) is 9.06. The number of benzene rings is 1. The average Bonchev–Trinajstić information content (AvgIpc) is 2.12. The summed E-state index contributed by atoms with van der Waals surface area (Å²) in [6, 6.07) is 4.08. The Morgan fingerprint density at radius 2 is 2.31 bits per heavy atom. The number of nitrogens with one attached hydrogen (secondary N) is 1. The predicted octanol–water partition coefficient (Wildman–Crippen LogP) is 2.36. The summed E-state index contributed by atoms with van der Waals surface area (Å²) in [6.45, 7) is 3.13. The molecule has 1 aliphatic rings. The molecule has 3 heteroatoms. The van der Waals surface area contributed by atoms with Crippen LogP contribution in [0.25, 0.3) is 0 Å². The molecule has 1 aromatic rings. The minimum absolute atomic E-state index is 0.324. The Morgan fingerprint density at radius 1 is 1.54 bits per heavy atom. The van der Waals surface area contributed by atoms with E-state index in [4.69, 9.17) is 0 Å². The Labute approximate surface area is 86.1 Å². The van der Waals surface area contributed by atoms with Gasteiger partial charge in [-0.05, 0) is 53.0 Å². The van der Waals surface area contributed by atoms with Gasteiger partial charge in [0.2, 0.25) is 0 Å². The summed E-state index contributed by atoms with van der Waals surface area (Å²) < 4.78 is 0.838. The standard InChI is InChI=1S/C10H12BrNO/c1-6-9-7(4-5-12-6)2-3-8(13)10(9)11/h2-3,6,12-13H,4-5H2,1H3. The lowest BCUT2D eigenvalue weighted by Crippen LogP contribution is -2.28. The highest BCUT2D eigenvalue weighted by Gasteiger charge is 2.19. The lowest BCUT2D eigenvalue weighted by Gasteiger charge is -2.25. The van der Waals surface area contributed by atoms with Crippen molar-refractivity contribution in [1.29, 1.82) is 0 Å². The van der Waals surface area contributed by atoms with E-state index in [-0.39, 0.29) is 0 Å². The first-order valence-corrected chi connectivity index (χ1v) is 5.23. The molecule has 0 radical (unpaired) electrons. The van der Waals surface area contributed by atoms with E-state index in [1.165, 1.54) is 11.1 Å². The largest absolute Gasteiger partial charge is 0.507 e. The van der Waals surface area contributed by atoms with Crippen LogP contribution in [0, 0.1) is 0 Å². The van der Waals surface area contributed by atoms with Crippen molar-refractivity contribution < 1.29 is 5.11 Å². The highest BCUT2D eigenvalue weighted by molar-refractivity contribution is 9.10. The van der Waals surface area contributed by atoms with Gasteiger partial charge in [-0.3, -0.25) is 0 Å². The van der Waals surface area contributed by atoms with Crippen molar-refractivity contribution in [3.63, 3.8) is 0 Å². The van der Waals surface area contributed by atoms with Crippen LogP contribution in [0.3, 0.4) is 0 Å². The summed E-state index contributed by atoms with van der Waals surface area (Å²) in [6.07, 6.45) is 1.04. The molecule has 2 N–H and O–H groups in total. The normalized spacial score (nSPS) is 21.2. The molecule has 0 fully saturated rings. The van der Waals surface area contributed by atoms with Crippen LogP contribution in [0.1, 0.15) is 24.1 Å². The molecular formula is C10H12BrNO. The lowest BCUT2D eigenvalue weighted by atomic mass is 9.95. The summed E-state index contributed by atoms with van der Waals surface area (Å²) in [5.41, 5.74) is 2.53. The van der Waals surface area contributed by atoms with Crippen LogP contribution in [-0.2, 0) is 6.42 Å². The number of aromatic hydroxyl groups is 1. The maximum absolute atomic E-state index is 9.52. The second kappa shape index (κ2) is 3.31. The monoisotopic (exact) mass is 241 g/mol. The first-order chi connectivity index (χ1) is 6.20. The number of hydrogen-bond donors (Lipinski definition) is 2. The van der Waals surface area contributed by atoms with Gasteiger partial charge < -0.3 is 10.4 Å². The number of hydrogen-bond acceptors (Lipinski definition) is 2. The average molecular weight is 242 g/mol. The Bertz CT molecular complexity index is 338. The summed E-state index contributed by atoms with van der Waals surface area (Å²) in [5.74, 6) is 0.328. The molecule has 0 amide bonds. The summed E-state index contributed by atoms with van der Waals surface area (Å²) in [4.78, 5) is 0. The minimum Gasteiger partial charge on any atom is -0.507 e. The van der Waals surface area contributed by atoms with E-state index >= 15 is 0 Å². The van der Waals surface area contributed by atoms with Gasteiger partial charge >= 0.3 is 0 Å². The van der Waals surface area contributed by atoms with Crippen molar-refractivity contribution in [2.75, 3.05) is 6.54 Å². The topological polar surface area (TPSA) is 32.3 Å². The van der Waals surface area contributed by atoms with E-state index in [0.29, 0.717) is 11.8 Å². The van der Waals surface area contributed by atoms with Gasteiger partial charge in [0, 0.05) is 6.04 Å². The number of halogens is 1. The van der Waals surface area contributed by atoms with E-state index in [9.17, 15) is 5.11 Å². The highest BCUT2D eigenvalue weighted by atomic mass is 79.9. The Balaban J connectivity index is 2.58. The quantitative estimate of drug-likeness (QED) is 0.731. The SMILES string of the molecule is CC1NCCc2ccc(O)c(Br)c21. The Morgan fingerprint density at radius 3 is 3.08 bits per heavy atom. The summed E-state index contributed by atoms with van der Waals surface area (Å²) in [7, 11) is 0. The molecule has 0 spiro atoms. The maximum Gasteiger partial charge on any atom is 0.130 e. The van der Waals surface area contributed by atoms with E-state index in [1.807, 2.05) is 6.07 Å². The second-order valence-corrected chi connectivity index (χ2v) is 4.19. The van der Waals surface area contributed by atoms with Gasteiger partial charge in [-0.2, -0.15) is 0 Å². The molecule has 0 aliphatic carbocycles. The van der Waals surface area contributed by atoms with Crippen molar-refractivity contribution in [2.24, 2.45) is 0 Å². The Kier molecular flexibility index (Phi) is 2.30.